The molecule has 0 aliphatic carbocycles. The maximum atomic E-state index is 13.1. The minimum atomic E-state index is -0.746. The second kappa shape index (κ2) is 11.5. The molecule has 1 aliphatic heterocycles. The van der Waals surface area contributed by atoms with Gasteiger partial charge in [-0.25, -0.2) is 0 Å². The second-order valence-electron chi connectivity index (χ2n) is 7.93. The van der Waals surface area contributed by atoms with Crippen molar-refractivity contribution >= 4 is 5.78 Å². The van der Waals surface area contributed by atoms with E-state index in [1.807, 2.05) is 34.6 Å². The smallest absolute Gasteiger partial charge is 0.173 e. The number of hydrogen-bond donors (Lipinski definition) is 1. The Morgan fingerprint density at radius 2 is 1.70 bits per heavy atom. The summed E-state index contributed by atoms with van der Waals surface area (Å²) in [5, 5.41) is 10.6. The van der Waals surface area contributed by atoms with Crippen molar-refractivity contribution in [2.45, 2.75) is 78.8 Å². The van der Waals surface area contributed by atoms with Crippen molar-refractivity contribution in [2.75, 3.05) is 27.1 Å². The Balaban J connectivity index is 2.95. The Morgan fingerprint density at radius 1 is 1.11 bits per heavy atom. The first-order valence-electron chi connectivity index (χ1n) is 10.4. The van der Waals surface area contributed by atoms with Crippen LogP contribution < -0.4 is 0 Å². The fourth-order valence-electron chi connectivity index (χ4n) is 4.24. The van der Waals surface area contributed by atoms with Crippen LogP contribution in [0.5, 0.6) is 0 Å². The lowest BCUT2D eigenvalue weighted by Crippen LogP contribution is -2.49. The number of hydrogen-bond acceptors (Lipinski definition) is 6. The lowest BCUT2D eigenvalue weighted by molar-refractivity contribution is -0.234. The second-order valence-corrected chi connectivity index (χ2v) is 7.93. The minimum Gasteiger partial charge on any atom is -0.392 e. The topological polar surface area (TPSA) is 74.2 Å². The molecule has 6 nitrogen and oxygen atoms in total. The van der Waals surface area contributed by atoms with E-state index >= 15 is 0 Å². The molecule has 1 N–H and O–H groups in total. The van der Waals surface area contributed by atoms with E-state index in [1.165, 1.54) is 0 Å². The van der Waals surface area contributed by atoms with Gasteiger partial charge in [0, 0.05) is 24.9 Å². The maximum absolute atomic E-state index is 13.1. The number of carbonyl (C=O) groups excluding carboxylic acids is 1. The molecule has 1 heterocycles. The highest BCUT2D eigenvalue weighted by Gasteiger charge is 2.47. The molecule has 0 spiro atoms. The number of ether oxygens (including phenoxy) is 4. The third-order valence-electron chi connectivity index (χ3n) is 6.06. The van der Waals surface area contributed by atoms with Crippen LogP contribution in [0.4, 0.5) is 0 Å². The molecule has 1 saturated heterocycles. The van der Waals surface area contributed by atoms with Crippen LogP contribution in [0.2, 0.25) is 0 Å². The lowest BCUT2D eigenvalue weighted by atomic mass is 9.78. The van der Waals surface area contributed by atoms with E-state index in [1.54, 1.807) is 7.11 Å². The van der Waals surface area contributed by atoms with Crippen LogP contribution in [0, 0.1) is 23.7 Å². The predicted molar refractivity (Wildman–Crippen MR) is 104 cm³/mol. The van der Waals surface area contributed by atoms with E-state index in [9.17, 15) is 9.90 Å². The molecule has 27 heavy (non-hydrogen) atoms. The van der Waals surface area contributed by atoms with Gasteiger partial charge in [-0.2, -0.15) is 0 Å². The third kappa shape index (κ3) is 5.97. The maximum Gasteiger partial charge on any atom is 0.173 e. The van der Waals surface area contributed by atoms with Crippen molar-refractivity contribution in [3.63, 3.8) is 0 Å². The van der Waals surface area contributed by atoms with E-state index in [-0.39, 0.29) is 24.4 Å². The fourth-order valence-corrected chi connectivity index (χ4v) is 4.24. The average Bonchev–Trinajstić information content (AvgIpc) is 3.16. The summed E-state index contributed by atoms with van der Waals surface area (Å²) in [5.41, 5.74) is 0. The van der Waals surface area contributed by atoms with Gasteiger partial charge in [0.15, 0.2) is 5.79 Å². The van der Waals surface area contributed by atoms with Crippen molar-refractivity contribution in [1.82, 2.24) is 0 Å². The van der Waals surface area contributed by atoms with Crippen LogP contribution in [0.1, 0.15) is 60.8 Å². The summed E-state index contributed by atoms with van der Waals surface area (Å²) < 4.78 is 22.9. The lowest BCUT2D eigenvalue weighted by Gasteiger charge is -2.40. The molecule has 0 bridgehead atoms. The summed E-state index contributed by atoms with van der Waals surface area (Å²) in [7, 11) is 1.56. The van der Waals surface area contributed by atoms with Crippen LogP contribution in [0.15, 0.2) is 0 Å². The molecule has 0 aromatic carbocycles. The Bertz CT molecular complexity index is 434. The molecule has 0 radical (unpaired) electrons. The van der Waals surface area contributed by atoms with Crippen molar-refractivity contribution in [2.24, 2.45) is 23.7 Å². The summed E-state index contributed by atoms with van der Waals surface area (Å²) in [6.45, 7) is 13.0. The molecule has 1 aliphatic rings. The van der Waals surface area contributed by atoms with Gasteiger partial charge in [-0.05, 0) is 18.8 Å². The largest absolute Gasteiger partial charge is 0.392 e. The number of carbonyl (C=O) groups is 1. The molecule has 6 atom stereocenters. The highest BCUT2D eigenvalue weighted by Crippen LogP contribution is 2.38. The van der Waals surface area contributed by atoms with E-state index in [4.69, 9.17) is 18.9 Å². The van der Waals surface area contributed by atoms with E-state index in [0.29, 0.717) is 19.6 Å². The Hall–Kier alpha value is -0.530. The first-order chi connectivity index (χ1) is 12.8. The summed E-state index contributed by atoms with van der Waals surface area (Å²) in [6.07, 6.45) is 1.48. The molecule has 160 valence electrons. The Labute approximate surface area is 164 Å². The van der Waals surface area contributed by atoms with Crippen molar-refractivity contribution in [3.05, 3.63) is 0 Å². The van der Waals surface area contributed by atoms with Gasteiger partial charge in [0.05, 0.1) is 25.4 Å². The normalized spacial score (nSPS) is 23.4. The van der Waals surface area contributed by atoms with Gasteiger partial charge in [-0.3, -0.25) is 4.79 Å². The molecule has 1 fully saturated rings. The first-order valence-corrected chi connectivity index (χ1v) is 10.4. The van der Waals surface area contributed by atoms with Gasteiger partial charge in [0.1, 0.15) is 12.6 Å². The number of aliphatic hydroxyl groups is 1. The monoisotopic (exact) mass is 388 g/mol. The number of aliphatic hydroxyl groups excluding tert-OH is 1. The van der Waals surface area contributed by atoms with Gasteiger partial charge in [0.25, 0.3) is 0 Å². The molecular weight excluding hydrogens is 348 g/mol. The van der Waals surface area contributed by atoms with E-state index < -0.39 is 29.8 Å². The molecular formula is C21H40O6. The van der Waals surface area contributed by atoms with Gasteiger partial charge < -0.3 is 24.1 Å². The van der Waals surface area contributed by atoms with Gasteiger partial charge in [0.2, 0.25) is 0 Å². The van der Waals surface area contributed by atoms with Crippen LogP contribution in [-0.4, -0.2) is 56.0 Å². The summed E-state index contributed by atoms with van der Waals surface area (Å²) >= 11 is 0. The molecule has 0 amide bonds. The van der Waals surface area contributed by atoms with Crippen LogP contribution >= 0.6 is 0 Å². The zero-order valence-electron chi connectivity index (χ0n) is 18.2. The zero-order chi connectivity index (χ0) is 20.6. The standard InChI is InChI=1S/C21H40O6/c1-8-10-14(3)18(22)15(4)19(23)16(5)20(25-13-24-7)17(6)21(9-2)26-11-12-27-21/h14-18,20,22H,8-13H2,1-7H3/t14-,15+,16-,17-,18+,20+/m0/s1. The van der Waals surface area contributed by atoms with Crippen LogP contribution in [0.3, 0.4) is 0 Å². The number of Topliss-reactive ketones (excluding diaryl/α,β-unsaturated/α-hetero) is 1. The fraction of sp³-hybridized carbons (Fsp3) is 0.952. The van der Waals surface area contributed by atoms with Gasteiger partial charge in [-0.1, -0.05) is 48.0 Å². The quantitative estimate of drug-likeness (QED) is 0.488. The van der Waals surface area contributed by atoms with Crippen molar-refractivity contribution in [1.29, 1.82) is 0 Å². The van der Waals surface area contributed by atoms with Crippen LogP contribution in [-0.2, 0) is 23.7 Å². The van der Waals surface area contributed by atoms with Crippen molar-refractivity contribution in [3.8, 4) is 0 Å². The third-order valence-corrected chi connectivity index (χ3v) is 6.06. The Morgan fingerprint density at radius 3 is 2.19 bits per heavy atom. The molecule has 0 aromatic rings. The summed E-state index contributed by atoms with van der Waals surface area (Å²) in [5.74, 6) is -1.68. The van der Waals surface area contributed by atoms with E-state index in [2.05, 4.69) is 6.92 Å². The summed E-state index contributed by atoms with van der Waals surface area (Å²) in [6, 6.07) is 0. The highest BCUT2D eigenvalue weighted by molar-refractivity contribution is 5.84. The number of methoxy groups -OCH3 is 1. The van der Waals surface area contributed by atoms with Crippen LogP contribution in [0.25, 0.3) is 0 Å². The SMILES string of the molecule is CCC[C@H](C)[C@@H](O)[C@@H](C)C(=O)[C@H](C)[C@@H](OCOC)[C@H](C)C1(CC)OCCO1. The highest BCUT2D eigenvalue weighted by atomic mass is 16.7. The number of rotatable bonds is 13. The number of ketones is 1. The first kappa shape index (κ1) is 24.5. The van der Waals surface area contributed by atoms with E-state index in [0.717, 1.165) is 12.8 Å². The molecule has 0 unspecified atom stereocenters. The zero-order valence-corrected chi connectivity index (χ0v) is 18.2. The molecule has 0 aromatic heterocycles. The molecule has 6 heteroatoms. The predicted octanol–water partition coefficient (Wildman–Crippen LogP) is 3.40. The van der Waals surface area contributed by atoms with Crippen molar-refractivity contribution < 1.29 is 28.8 Å². The average molecular weight is 389 g/mol. The molecule has 0 saturated carbocycles. The van der Waals surface area contributed by atoms with Gasteiger partial charge >= 0.3 is 0 Å². The van der Waals surface area contributed by atoms with Gasteiger partial charge in [-0.15, -0.1) is 0 Å². The minimum absolute atomic E-state index is 0.00246. The Kier molecular flexibility index (Phi) is 10.4. The summed E-state index contributed by atoms with van der Waals surface area (Å²) in [4.78, 5) is 13.1. The molecule has 1 rings (SSSR count).